The molecule has 22 heavy (non-hydrogen) atoms. The number of amides is 3. The first kappa shape index (κ1) is 14.6. The highest BCUT2D eigenvalue weighted by atomic mass is 16.5. The summed E-state index contributed by atoms with van der Waals surface area (Å²) < 4.78 is 9.87. The molecule has 1 saturated heterocycles. The molecule has 2 heterocycles. The fourth-order valence-electron chi connectivity index (χ4n) is 2.95. The molecule has 1 N–H and O–H groups in total. The van der Waals surface area contributed by atoms with Crippen molar-refractivity contribution in [1.82, 2.24) is 15.4 Å². The number of ether oxygens (including phenoxy) is 1. The van der Waals surface area contributed by atoms with E-state index < -0.39 is 17.5 Å². The summed E-state index contributed by atoms with van der Waals surface area (Å²) in [7, 11) is 0. The van der Waals surface area contributed by atoms with Crippen molar-refractivity contribution in [1.29, 1.82) is 0 Å². The maximum absolute atomic E-state index is 12.4. The van der Waals surface area contributed by atoms with Gasteiger partial charge < -0.3 is 14.6 Å². The van der Waals surface area contributed by atoms with E-state index in [4.69, 9.17) is 9.26 Å². The van der Waals surface area contributed by atoms with Gasteiger partial charge in [0.2, 0.25) is 0 Å². The average molecular weight is 307 g/mol. The van der Waals surface area contributed by atoms with Crippen LogP contribution in [0.25, 0.3) is 0 Å². The zero-order valence-corrected chi connectivity index (χ0v) is 12.3. The third kappa shape index (κ3) is 2.56. The van der Waals surface area contributed by atoms with Gasteiger partial charge in [0.1, 0.15) is 30.1 Å². The fourth-order valence-corrected chi connectivity index (χ4v) is 2.95. The van der Waals surface area contributed by atoms with Gasteiger partial charge in [-0.25, -0.2) is 4.79 Å². The number of hydrogen-bond acceptors (Lipinski definition) is 6. The second-order valence-electron chi connectivity index (χ2n) is 5.70. The van der Waals surface area contributed by atoms with E-state index in [2.05, 4.69) is 10.5 Å². The predicted molar refractivity (Wildman–Crippen MR) is 72.5 cm³/mol. The molecular weight excluding hydrogens is 290 g/mol. The minimum absolute atomic E-state index is 0.0506. The normalized spacial score (nSPS) is 19.8. The predicted octanol–water partition coefficient (Wildman–Crippen LogP) is 0.891. The second kappa shape index (κ2) is 5.43. The number of carbonyl (C=O) groups excluding carboxylic acids is 3. The Kier molecular flexibility index (Phi) is 3.59. The Balaban J connectivity index is 1.57. The van der Waals surface area contributed by atoms with Gasteiger partial charge in [-0.05, 0) is 19.8 Å². The Bertz CT molecular complexity index is 618. The number of nitrogens with zero attached hydrogens (tertiary/aromatic N) is 2. The lowest BCUT2D eigenvalue weighted by Gasteiger charge is -2.19. The average Bonchev–Trinajstić information content (AvgIpc) is 3.16. The summed E-state index contributed by atoms with van der Waals surface area (Å²) in [5.74, 6) is -0.369. The van der Waals surface area contributed by atoms with Gasteiger partial charge in [0.15, 0.2) is 0 Å². The minimum atomic E-state index is -0.805. The molecule has 0 atom stereocenters. The Hall–Kier alpha value is -2.38. The zero-order chi connectivity index (χ0) is 15.7. The van der Waals surface area contributed by atoms with Crippen LogP contribution in [0.3, 0.4) is 0 Å². The molecule has 118 valence electrons. The Morgan fingerprint density at radius 1 is 1.45 bits per heavy atom. The van der Waals surface area contributed by atoms with Crippen LogP contribution >= 0.6 is 0 Å². The summed E-state index contributed by atoms with van der Waals surface area (Å²) in [5, 5.41) is 6.41. The number of aromatic nitrogens is 1. The Labute approximate surface area is 126 Å². The molecule has 0 radical (unpaired) electrons. The third-order valence-electron chi connectivity index (χ3n) is 4.05. The van der Waals surface area contributed by atoms with Crippen LogP contribution in [-0.4, -0.2) is 40.0 Å². The summed E-state index contributed by atoms with van der Waals surface area (Å²) >= 11 is 0. The summed E-state index contributed by atoms with van der Waals surface area (Å²) in [6.45, 7) is 1.29. The molecule has 1 aromatic rings. The standard InChI is InChI=1S/C14H17N3O5/c1-9-6-10(16-22-9)8-21-11(18)7-17-12(19)14(15-13(17)20)4-2-3-5-14/h6H,2-5,7-8H2,1H3,(H,15,20). The van der Waals surface area contributed by atoms with Crippen LogP contribution in [0.2, 0.25) is 0 Å². The molecule has 0 bridgehead atoms. The largest absolute Gasteiger partial charge is 0.458 e. The van der Waals surface area contributed by atoms with E-state index in [1.54, 1.807) is 13.0 Å². The van der Waals surface area contributed by atoms with Crippen LogP contribution in [0.1, 0.15) is 37.1 Å². The number of hydrogen-bond donors (Lipinski definition) is 1. The number of esters is 1. The van der Waals surface area contributed by atoms with Crippen molar-refractivity contribution in [3.05, 3.63) is 17.5 Å². The number of rotatable bonds is 4. The van der Waals surface area contributed by atoms with Gasteiger partial charge in [-0.3, -0.25) is 14.5 Å². The first-order valence-corrected chi connectivity index (χ1v) is 7.22. The van der Waals surface area contributed by atoms with E-state index in [0.29, 0.717) is 24.3 Å². The monoisotopic (exact) mass is 307 g/mol. The molecule has 1 aliphatic heterocycles. The molecule has 3 amide bonds. The van der Waals surface area contributed by atoms with Crippen molar-refractivity contribution >= 4 is 17.9 Å². The molecule has 3 rings (SSSR count). The Morgan fingerprint density at radius 3 is 2.82 bits per heavy atom. The van der Waals surface area contributed by atoms with Gasteiger partial charge >= 0.3 is 12.0 Å². The Morgan fingerprint density at radius 2 is 2.18 bits per heavy atom. The van der Waals surface area contributed by atoms with Crippen LogP contribution in [0.5, 0.6) is 0 Å². The lowest BCUT2D eigenvalue weighted by molar-refractivity contribution is -0.149. The van der Waals surface area contributed by atoms with E-state index in [1.807, 2.05) is 0 Å². The van der Waals surface area contributed by atoms with Crippen molar-refractivity contribution in [3.8, 4) is 0 Å². The van der Waals surface area contributed by atoms with Crippen molar-refractivity contribution in [2.75, 3.05) is 6.54 Å². The molecule has 1 spiro atoms. The zero-order valence-electron chi connectivity index (χ0n) is 12.3. The van der Waals surface area contributed by atoms with Gasteiger partial charge in [0.25, 0.3) is 5.91 Å². The van der Waals surface area contributed by atoms with Crippen molar-refractivity contribution < 1.29 is 23.6 Å². The SMILES string of the molecule is Cc1cc(COC(=O)CN2C(=O)NC3(CCCC3)C2=O)no1. The van der Waals surface area contributed by atoms with Gasteiger partial charge in [0, 0.05) is 6.07 Å². The van der Waals surface area contributed by atoms with E-state index in [1.165, 1.54) is 0 Å². The highest BCUT2D eigenvalue weighted by Gasteiger charge is 2.52. The topological polar surface area (TPSA) is 102 Å². The quantitative estimate of drug-likeness (QED) is 0.655. The summed E-state index contributed by atoms with van der Waals surface area (Å²) in [6.07, 6.45) is 3.05. The van der Waals surface area contributed by atoms with Gasteiger partial charge in [0.05, 0.1) is 0 Å². The van der Waals surface area contributed by atoms with Gasteiger partial charge in [-0.2, -0.15) is 0 Å². The molecule has 1 aliphatic carbocycles. The maximum atomic E-state index is 12.4. The molecule has 2 fully saturated rings. The lowest BCUT2D eigenvalue weighted by atomic mass is 9.98. The highest BCUT2D eigenvalue weighted by Crippen LogP contribution is 2.34. The number of urea groups is 1. The second-order valence-corrected chi connectivity index (χ2v) is 5.70. The van der Waals surface area contributed by atoms with E-state index in [0.717, 1.165) is 17.7 Å². The number of aryl methyl sites for hydroxylation is 1. The number of nitrogens with one attached hydrogen (secondary N) is 1. The fraction of sp³-hybridized carbons (Fsp3) is 0.571. The molecule has 0 unspecified atom stereocenters. The first-order valence-electron chi connectivity index (χ1n) is 7.22. The van der Waals surface area contributed by atoms with E-state index >= 15 is 0 Å². The number of imide groups is 1. The van der Waals surface area contributed by atoms with Crippen molar-refractivity contribution in [2.45, 2.75) is 44.8 Å². The van der Waals surface area contributed by atoms with Crippen LogP contribution in [-0.2, 0) is 20.9 Å². The van der Waals surface area contributed by atoms with Gasteiger partial charge in [-0.1, -0.05) is 18.0 Å². The van der Waals surface area contributed by atoms with Crippen LogP contribution in [0, 0.1) is 6.92 Å². The molecule has 8 heteroatoms. The first-order chi connectivity index (χ1) is 10.5. The maximum Gasteiger partial charge on any atom is 0.326 e. The molecular formula is C14H17N3O5. The third-order valence-corrected chi connectivity index (χ3v) is 4.05. The van der Waals surface area contributed by atoms with E-state index in [-0.39, 0.29) is 19.1 Å². The van der Waals surface area contributed by atoms with Crippen LogP contribution in [0.15, 0.2) is 10.6 Å². The molecule has 2 aliphatic rings. The molecule has 1 saturated carbocycles. The lowest BCUT2D eigenvalue weighted by Crippen LogP contribution is -2.44. The minimum Gasteiger partial charge on any atom is -0.458 e. The summed E-state index contributed by atoms with van der Waals surface area (Å²) in [6, 6.07) is 1.12. The van der Waals surface area contributed by atoms with Crippen molar-refractivity contribution in [2.24, 2.45) is 0 Å². The van der Waals surface area contributed by atoms with Crippen LogP contribution in [0.4, 0.5) is 4.79 Å². The highest BCUT2D eigenvalue weighted by molar-refractivity contribution is 6.08. The smallest absolute Gasteiger partial charge is 0.326 e. The van der Waals surface area contributed by atoms with E-state index in [9.17, 15) is 14.4 Å². The summed E-state index contributed by atoms with van der Waals surface area (Å²) in [5.41, 5.74) is -0.323. The molecule has 0 aromatic carbocycles. The van der Waals surface area contributed by atoms with Gasteiger partial charge in [-0.15, -0.1) is 0 Å². The molecule has 8 nitrogen and oxygen atoms in total. The number of carbonyl (C=O) groups is 3. The van der Waals surface area contributed by atoms with Crippen LogP contribution < -0.4 is 5.32 Å². The summed E-state index contributed by atoms with van der Waals surface area (Å²) in [4.78, 5) is 37.0. The van der Waals surface area contributed by atoms with Crippen molar-refractivity contribution in [3.63, 3.8) is 0 Å². The molecule has 1 aromatic heterocycles.